The summed E-state index contributed by atoms with van der Waals surface area (Å²) in [6.07, 6.45) is 4.06. The molecular weight excluding hydrogens is 320 g/mol. The molecule has 1 aliphatic carbocycles. The summed E-state index contributed by atoms with van der Waals surface area (Å²) in [4.78, 5) is 19.1. The van der Waals surface area contributed by atoms with E-state index in [9.17, 15) is 4.79 Å². The molecule has 1 amide bonds. The third-order valence-electron chi connectivity index (χ3n) is 5.47. The number of aromatic nitrogens is 2. The predicted molar refractivity (Wildman–Crippen MR) is 95.4 cm³/mol. The molecule has 3 heterocycles. The molecular formula is C18H22N4OS. The van der Waals surface area contributed by atoms with E-state index < -0.39 is 0 Å². The fourth-order valence-electron chi connectivity index (χ4n) is 4.24. The van der Waals surface area contributed by atoms with Crippen molar-refractivity contribution in [2.75, 3.05) is 25.0 Å². The van der Waals surface area contributed by atoms with Crippen LogP contribution in [0.2, 0.25) is 0 Å². The van der Waals surface area contributed by atoms with Crippen LogP contribution in [-0.2, 0) is 0 Å². The van der Waals surface area contributed by atoms with Crippen LogP contribution in [0.15, 0.2) is 30.5 Å². The van der Waals surface area contributed by atoms with E-state index in [2.05, 4.69) is 27.0 Å². The second kappa shape index (κ2) is 6.16. The molecule has 0 radical (unpaired) electrons. The lowest BCUT2D eigenvalue weighted by Gasteiger charge is -2.30. The number of nitrogens with zero attached hydrogens (tertiary/aromatic N) is 4. The minimum atomic E-state index is 0.198. The van der Waals surface area contributed by atoms with E-state index >= 15 is 0 Å². The zero-order chi connectivity index (χ0) is 16.7. The van der Waals surface area contributed by atoms with Gasteiger partial charge in [0.25, 0.3) is 5.91 Å². The van der Waals surface area contributed by atoms with E-state index in [4.69, 9.17) is 0 Å². The van der Waals surface area contributed by atoms with Crippen LogP contribution < -0.4 is 4.90 Å². The summed E-state index contributed by atoms with van der Waals surface area (Å²) in [7, 11) is 2.10. The maximum atomic E-state index is 12.7. The van der Waals surface area contributed by atoms with Gasteiger partial charge >= 0.3 is 0 Å². The molecule has 0 bridgehead atoms. The van der Waals surface area contributed by atoms with Crippen molar-refractivity contribution in [3.63, 3.8) is 0 Å². The Labute approximate surface area is 146 Å². The lowest BCUT2D eigenvalue weighted by atomic mass is 9.97. The molecule has 2 aromatic heterocycles. The van der Waals surface area contributed by atoms with Crippen LogP contribution in [0.5, 0.6) is 0 Å². The van der Waals surface area contributed by atoms with Gasteiger partial charge in [0.05, 0.1) is 4.88 Å². The van der Waals surface area contributed by atoms with Gasteiger partial charge in [0, 0.05) is 43.2 Å². The van der Waals surface area contributed by atoms with Gasteiger partial charge in [-0.05, 0) is 49.9 Å². The highest BCUT2D eigenvalue weighted by Gasteiger charge is 2.45. The number of likely N-dealkylation sites (tertiary alicyclic amines) is 1. The second-order valence-corrected chi connectivity index (χ2v) is 8.17. The van der Waals surface area contributed by atoms with Crippen LogP contribution in [0.25, 0.3) is 0 Å². The summed E-state index contributed by atoms with van der Waals surface area (Å²) >= 11 is 1.59. The molecule has 0 unspecified atom stereocenters. The normalized spacial score (nSPS) is 25.8. The average molecular weight is 342 g/mol. The standard InChI is InChI=1S/C18H22N4OS/c1-12-5-8-16(24-12)18(23)22-10-13-6-7-15(14(13)11-22)21(2)17-4-3-9-19-20-17/h3-5,8-9,13-15H,6-7,10-11H2,1-2H3/t13-,14+,15-/m1/s1. The Morgan fingerprint density at radius 1 is 1.29 bits per heavy atom. The van der Waals surface area contributed by atoms with Crippen molar-refractivity contribution in [3.8, 4) is 0 Å². The molecule has 0 spiro atoms. The monoisotopic (exact) mass is 342 g/mol. The summed E-state index contributed by atoms with van der Waals surface area (Å²) in [5, 5.41) is 8.23. The fourth-order valence-corrected chi connectivity index (χ4v) is 5.08. The van der Waals surface area contributed by atoms with Crippen LogP contribution in [0.3, 0.4) is 0 Å². The van der Waals surface area contributed by atoms with Gasteiger partial charge in [-0.3, -0.25) is 4.79 Å². The first-order valence-corrected chi connectivity index (χ1v) is 9.31. The van der Waals surface area contributed by atoms with E-state index in [-0.39, 0.29) is 5.91 Å². The molecule has 0 N–H and O–H groups in total. The predicted octanol–water partition coefficient (Wildman–Crippen LogP) is 2.83. The number of hydrogen-bond donors (Lipinski definition) is 0. The van der Waals surface area contributed by atoms with Gasteiger partial charge in [-0.2, -0.15) is 5.10 Å². The molecule has 126 valence electrons. The molecule has 1 saturated heterocycles. The van der Waals surface area contributed by atoms with Gasteiger partial charge < -0.3 is 9.80 Å². The number of aryl methyl sites for hydroxylation is 1. The molecule has 6 heteroatoms. The highest BCUT2D eigenvalue weighted by Crippen LogP contribution is 2.41. The Bertz CT molecular complexity index is 732. The highest BCUT2D eigenvalue weighted by molar-refractivity contribution is 7.13. The molecule has 1 saturated carbocycles. The van der Waals surface area contributed by atoms with Gasteiger partial charge in [-0.1, -0.05) is 0 Å². The van der Waals surface area contributed by atoms with Crippen molar-refractivity contribution in [3.05, 3.63) is 40.2 Å². The van der Waals surface area contributed by atoms with Crippen molar-refractivity contribution < 1.29 is 4.79 Å². The number of thiophene rings is 1. The molecule has 4 rings (SSSR count). The van der Waals surface area contributed by atoms with Crippen LogP contribution >= 0.6 is 11.3 Å². The molecule has 2 fully saturated rings. The van der Waals surface area contributed by atoms with Crippen LogP contribution in [0, 0.1) is 18.8 Å². The number of rotatable bonds is 3. The minimum Gasteiger partial charge on any atom is -0.355 e. The average Bonchev–Trinajstić information content (AvgIpc) is 3.29. The zero-order valence-corrected chi connectivity index (χ0v) is 14.9. The summed E-state index contributed by atoms with van der Waals surface area (Å²) in [5.41, 5.74) is 0. The van der Waals surface area contributed by atoms with Crippen molar-refractivity contribution in [1.29, 1.82) is 0 Å². The Hall–Kier alpha value is -1.95. The van der Waals surface area contributed by atoms with Crippen molar-refractivity contribution >= 4 is 23.1 Å². The number of carbonyl (C=O) groups is 1. The van der Waals surface area contributed by atoms with Gasteiger partial charge in [0.15, 0.2) is 5.82 Å². The first-order valence-electron chi connectivity index (χ1n) is 8.49. The maximum Gasteiger partial charge on any atom is 0.263 e. The van der Waals surface area contributed by atoms with Gasteiger partial charge in [-0.25, -0.2) is 0 Å². The molecule has 5 nitrogen and oxygen atoms in total. The summed E-state index contributed by atoms with van der Waals surface area (Å²) in [6.45, 7) is 3.80. The number of fused-ring (bicyclic) bond motifs is 1. The quantitative estimate of drug-likeness (QED) is 0.861. The van der Waals surface area contributed by atoms with E-state index in [0.29, 0.717) is 17.9 Å². The van der Waals surface area contributed by atoms with Crippen molar-refractivity contribution in [2.24, 2.45) is 11.8 Å². The van der Waals surface area contributed by atoms with Crippen LogP contribution in [0.1, 0.15) is 27.4 Å². The fraction of sp³-hybridized carbons (Fsp3) is 0.500. The minimum absolute atomic E-state index is 0.198. The summed E-state index contributed by atoms with van der Waals surface area (Å²) < 4.78 is 0. The number of amides is 1. The third kappa shape index (κ3) is 2.69. The summed E-state index contributed by atoms with van der Waals surface area (Å²) in [5.74, 6) is 2.26. The molecule has 2 aromatic rings. The smallest absolute Gasteiger partial charge is 0.263 e. The van der Waals surface area contributed by atoms with E-state index in [1.54, 1.807) is 17.5 Å². The van der Waals surface area contributed by atoms with E-state index in [0.717, 1.165) is 23.8 Å². The topological polar surface area (TPSA) is 49.3 Å². The van der Waals surface area contributed by atoms with Gasteiger partial charge in [0.2, 0.25) is 0 Å². The van der Waals surface area contributed by atoms with Crippen molar-refractivity contribution in [1.82, 2.24) is 15.1 Å². The number of hydrogen-bond acceptors (Lipinski definition) is 5. The lowest BCUT2D eigenvalue weighted by molar-refractivity contribution is 0.0784. The molecule has 3 atom stereocenters. The molecule has 0 aromatic carbocycles. The lowest BCUT2D eigenvalue weighted by Crippen LogP contribution is -2.38. The second-order valence-electron chi connectivity index (χ2n) is 6.88. The molecule has 1 aliphatic heterocycles. The Morgan fingerprint density at radius 2 is 2.17 bits per heavy atom. The highest BCUT2D eigenvalue weighted by atomic mass is 32.1. The zero-order valence-electron chi connectivity index (χ0n) is 14.1. The first-order chi connectivity index (χ1) is 11.6. The maximum absolute atomic E-state index is 12.7. The Morgan fingerprint density at radius 3 is 2.88 bits per heavy atom. The SMILES string of the molecule is Cc1ccc(C(=O)N2C[C@H]3CC[C@@H](N(C)c4cccnn4)[C@H]3C2)s1. The number of anilines is 1. The third-order valence-corrected chi connectivity index (χ3v) is 6.46. The van der Waals surface area contributed by atoms with Gasteiger partial charge in [0.1, 0.15) is 0 Å². The van der Waals surface area contributed by atoms with E-state index in [1.165, 1.54) is 17.7 Å². The van der Waals surface area contributed by atoms with Crippen LogP contribution in [0.4, 0.5) is 5.82 Å². The van der Waals surface area contributed by atoms with Crippen LogP contribution in [-0.4, -0.2) is 47.2 Å². The number of carbonyl (C=O) groups excluding carboxylic acids is 1. The largest absolute Gasteiger partial charge is 0.355 e. The summed E-state index contributed by atoms with van der Waals surface area (Å²) in [6, 6.07) is 8.36. The first kappa shape index (κ1) is 15.6. The molecule has 24 heavy (non-hydrogen) atoms. The molecule has 2 aliphatic rings. The van der Waals surface area contributed by atoms with Crippen molar-refractivity contribution in [2.45, 2.75) is 25.8 Å². The van der Waals surface area contributed by atoms with E-state index in [1.807, 2.05) is 31.2 Å². The van der Waals surface area contributed by atoms with Gasteiger partial charge in [-0.15, -0.1) is 16.4 Å². The Balaban J connectivity index is 1.48. The Kier molecular flexibility index (Phi) is 4.00.